The highest BCUT2D eigenvalue weighted by Gasteiger charge is 2.34. The lowest BCUT2D eigenvalue weighted by Crippen LogP contribution is -2.11. The van der Waals surface area contributed by atoms with Crippen molar-refractivity contribution in [2.45, 2.75) is 6.18 Å². The second-order valence-corrected chi connectivity index (χ2v) is 7.25. The Hall–Kier alpha value is -3.66. The van der Waals surface area contributed by atoms with Crippen molar-refractivity contribution < 1.29 is 18.0 Å². The largest absolute Gasteiger partial charge is 0.417 e. The van der Waals surface area contributed by atoms with Gasteiger partial charge in [-0.3, -0.25) is 4.79 Å². The van der Waals surface area contributed by atoms with Crippen LogP contribution in [0.5, 0.6) is 0 Å². The molecule has 0 spiro atoms. The Morgan fingerprint density at radius 1 is 0.700 bits per heavy atom. The van der Waals surface area contributed by atoms with Gasteiger partial charge in [-0.05, 0) is 50.0 Å². The first-order valence-corrected chi connectivity index (χ1v) is 9.49. The fourth-order valence-corrected chi connectivity index (χ4v) is 4.10. The minimum Gasteiger partial charge on any atom is -0.289 e. The Bertz CT molecular complexity index is 1430. The van der Waals surface area contributed by atoms with Gasteiger partial charge in [0.2, 0.25) is 0 Å². The zero-order valence-electron chi connectivity index (χ0n) is 15.7. The summed E-state index contributed by atoms with van der Waals surface area (Å²) in [6.07, 6.45) is -1.76. The number of allylic oxidation sites excluding steroid dienone is 1. The topological polar surface area (TPSA) is 17.1 Å². The van der Waals surface area contributed by atoms with Crippen molar-refractivity contribution in [1.29, 1.82) is 0 Å². The number of rotatable bonds is 3. The molecule has 0 saturated heterocycles. The van der Waals surface area contributed by atoms with E-state index in [0.29, 0.717) is 0 Å². The molecule has 1 nitrogen and oxygen atoms in total. The number of benzene rings is 5. The van der Waals surface area contributed by atoms with Crippen LogP contribution in [0.4, 0.5) is 13.2 Å². The summed E-state index contributed by atoms with van der Waals surface area (Å²) in [5, 5.41) is 6.54. The van der Waals surface area contributed by atoms with Crippen molar-refractivity contribution in [3.8, 4) is 0 Å². The van der Waals surface area contributed by atoms with Crippen molar-refractivity contribution in [2.75, 3.05) is 0 Å². The number of hydrogen-bond acceptors (Lipinski definition) is 1. The smallest absolute Gasteiger partial charge is 0.289 e. The minimum absolute atomic E-state index is 0.348. The van der Waals surface area contributed by atoms with Crippen LogP contribution in [0, 0.1) is 0 Å². The van der Waals surface area contributed by atoms with Crippen molar-refractivity contribution in [2.24, 2.45) is 0 Å². The molecule has 4 heteroatoms. The van der Waals surface area contributed by atoms with Crippen LogP contribution in [0.2, 0.25) is 0 Å². The predicted molar refractivity (Wildman–Crippen MR) is 115 cm³/mol. The molecule has 0 atom stereocenters. The number of alkyl halides is 3. The Balaban J connectivity index is 1.63. The molecule has 146 valence electrons. The van der Waals surface area contributed by atoms with Gasteiger partial charge in [-0.25, -0.2) is 0 Å². The molecule has 5 aromatic rings. The molecule has 0 radical (unpaired) electrons. The lowest BCUT2D eigenvalue weighted by Gasteiger charge is -2.12. The quantitative estimate of drug-likeness (QED) is 0.174. The Morgan fingerprint density at radius 3 is 2.07 bits per heavy atom. The van der Waals surface area contributed by atoms with Crippen molar-refractivity contribution in [3.63, 3.8) is 0 Å². The van der Waals surface area contributed by atoms with E-state index < -0.39 is 17.5 Å². The lowest BCUT2D eigenvalue weighted by molar-refractivity contribution is -0.137. The van der Waals surface area contributed by atoms with Gasteiger partial charge < -0.3 is 0 Å². The van der Waals surface area contributed by atoms with E-state index in [2.05, 4.69) is 24.3 Å². The van der Waals surface area contributed by atoms with E-state index in [1.54, 1.807) is 6.08 Å². The van der Waals surface area contributed by atoms with E-state index in [4.69, 9.17) is 0 Å². The van der Waals surface area contributed by atoms with Crippen LogP contribution >= 0.6 is 0 Å². The van der Waals surface area contributed by atoms with Gasteiger partial charge in [-0.1, -0.05) is 78.9 Å². The zero-order chi connectivity index (χ0) is 20.9. The SMILES string of the molecule is O=C(/C=C/c1ccc2ccc3cccc4ccc1c2c34)c1ccccc1C(F)(F)F. The summed E-state index contributed by atoms with van der Waals surface area (Å²) in [5.74, 6) is -0.673. The molecular weight excluding hydrogens is 385 g/mol. The van der Waals surface area contributed by atoms with Crippen molar-refractivity contribution in [1.82, 2.24) is 0 Å². The molecule has 30 heavy (non-hydrogen) atoms. The average Bonchev–Trinajstić information content (AvgIpc) is 2.75. The summed E-state index contributed by atoms with van der Waals surface area (Å²) in [5.41, 5.74) is -0.479. The van der Waals surface area contributed by atoms with Gasteiger partial charge in [-0.2, -0.15) is 13.2 Å². The van der Waals surface area contributed by atoms with E-state index in [1.165, 1.54) is 24.3 Å². The van der Waals surface area contributed by atoms with Gasteiger partial charge in [0.15, 0.2) is 5.78 Å². The Labute approximate surface area is 170 Å². The first-order valence-electron chi connectivity index (χ1n) is 9.49. The van der Waals surface area contributed by atoms with Crippen LogP contribution in [0.25, 0.3) is 38.4 Å². The van der Waals surface area contributed by atoms with E-state index in [9.17, 15) is 18.0 Å². The third-order valence-electron chi connectivity index (χ3n) is 5.47. The number of carbonyl (C=O) groups excluding carboxylic acids is 1. The fraction of sp³-hybridized carbons (Fsp3) is 0.0385. The molecule has 0 bridgehead atoms. The first-order chi connectivity index (χ1) is 14.4. The third-order valence-corrected chi connectivity index (χ3v) is 5.47. The molecule has 0 fully saturated rings. The first kappa shape index (κ1) is 18.4. The van der Waals surface area contributed by atoms with Crippen LogP contribution in [-0.2, 0) is 6.18 Å². The van der Waals surface area contributed by atoms with Crippen molar-refractivity contribution >= 4 is 44.2 Å². The van der Waals surface area contributed by atoms with E-state index in [1.807, 2.05) is 30.3 Å². The number of hydrogen-bond donors (Lipinski definition) is 0. The summed E-state index contributed by atoms with van der Waals surface area (Å²) in [6, 6.07) is 23.0. The van der Waals surface area contributed by atoms with Crippen molar-refractivity contribution in [3.05, 3.63) is 102 Å². The summed E-state index contributed by atoms with van der Waals surface area (Å²) in [7, 11) is 0. The maximum absolute atomic E-state index is 13.2. The number of carbonyl (C=O) groups is 1. The van der Waals surface area contributed by atoms with Gasteiger partial charge in [0.1, 0.15) is 0 Å². The summed E-state index contributed by atoms with van der Waals surface area (Å²) >= 11 is 0. The normalized spacial score (nSPS) is 12.5. The average molecular weight is 400 g/mol. The molecule has 0 heterocycles. The molecule has 0 aliphatic carbocycles. The van der Waals surface area contributed by atoms with Crippen LogP contribution in [0.1, 0.15) is 21.5 Å². The standard InChI is InChI=1S/C26H15F3O/c27-26(28,29)22-7-2-1-6-21(22)23(30)15-13-16-8-9-19-11-10-17-4-3-5-18-12-14-20(16)25(19)24(17)18/h1-15H/b15-13+. The Kier molecular flexibility index (Phi) is 4.10. The fourth-order valence-electron chi connectivity index (χ4n) is 4.10. The van der Waals surface area contributed by atoms with E-state index in [-0.39, 0.29) is 5.56 Å². The monoisotopic (exact) mass is 400 g/mol. The van der Waals surface area contributed by atoms with Gasteiger partial charge in [0.25, 0.3) is 0 Å². The highest BCUT2D eigenvalue weighted by Crippen LogP contribution is 2.36. The van der Waals surface area contributed by atoms with Gasteiger partial charge in [0.05, 0.1) is 5.56 Å². The Morgan fingerprint density at radius 2 is 1.33 bits per heavy atom. The van der Waals surface area contributed by atoms with Crippen LogP contribution in [0.3, 0.4) is 0 Å². The number of ketones is 1. The van der Waals surface area contributed by atoms with E-state index in [0.717, 1.165) is 43.9 Å². The predicted octanol–water partition coefficient (Wildman–Crippen LogP) is 7.50. The minimum atomic E-state index is -4.58. The van der Waals surface area contributed by atoms with Crippen LogP contribution in [-0.4, -0.2) is 5.78 Å². The number of halogens is 3. The highest BCUT2D eigenvalue weighted by molar-refractivity contribution is 6.24. The molecule has 0 aromatic heterocycles. The maximum Gasteiger partial charge on any atom is 0.417 e. The second-order valence-electron chi connectivity index (χ2n) is 7.25. The summed E-state index contributed by atoms with van der Waals surface area (Å²) in [6.45, 7) is 0. The molecule has 5 aromatic carbocycles. The lowest BCUT2D eigenvalue weighted by atomic mass is 9.91. The molecule has 0 aliphatic rings. The van der Waals surface area contributed by atoms with Gasteiger partial charge in [0, 0.05) is 5.56 Å². The molecular formula is C26H15F3O. The molecule has 0 aliphatic heterocycles. The van der Waals surface area contributed by atoms with Crippen LogP contribution in [0.15, 0.2) is 84.9 Å². The third kappa shape index (κ3) is 2.92. The van der Waals surface area contributed by atoms with Crippen LogP contribution < -0.4 is 0 Å². The van der Waals surface area contributed by atoms with E-state index >= 15 is 0 Å². The second kappa shape index (κ2) is 6.70. The molecule has 0 N–H and O–H groups in total. The zero-order valence-corrected chi connectivity index (χ0v) is 15.7. The molecule has 5 rings (SSSR count). The maximum atomic E-state index is 13.2. The molecule has 0 unspecified atom stereocenters. The molecule has 0 saturated carbocycles. The highest BCUT2D eigenvalue weighted by atomic mass is 19.4. The molecule has 0 amide bonds. The summed E-state index contributed by atoms with van der Waals surface area (Å²) < 4.78 is 39.7. The summed E-state index contributed by atoms with van der Waals surface area (Å²) in [4.78, 5) is 12.6. The van der Waals surface area contributed by atoms with Gasteiger partial charge in [-0.15, -0.1) is 0 Å². The van der Waals surface area contributed by atoms with Gasteiger partial charge >= 0.3 is 6.18 Å².